The van der Waals surface area contributed by atoms with Crippen LogP contribution in [0.15, 0.2) is 0 Å². The third-order valence-electron chi connectivity index (χ3n) is 22.8. The summed E-state index contributed by atoms with van der Waals surface area (Å²) in [4.78, 5) is 63.6. The molecule has 10 rings (SSSR count). The fourth-order valence-electron chi connectivity index (χ4n) is 16.2. The lowest BCUT2D eigenvalue weighted by molar-refractivity contribution is -0.392. The van der Waals surface area contributed by atoms with E-state index < -0.39 is 396 Å². The molecule has 0 saturated carbocycles. The van der Waals surface area contributed by atoms with Gasteiger partial charge in [-0.3, -0.25) is 24.0 Å². The minimum Gasteiger partial charge on any atom is -0.394 e. The lowest BCUT2D eigenvalue weighted by Crippen LogP contribution is -2.71. The van der Waals surface area contributed by atoms with Gasteiger partial charge >= 0.3 is 0 Å². The summed E-state index contributed by atoms with van der Waals surface area (Å²) < 4.78 is 113. The van der Waals surface area contributed by atoms with Gasteiger partial charge in [-0.1, -0.05) is 0 Å². The lowest BCUT2D eigenvalue weighted by Gasteiger charge is -2.51. The molecule has 0 aromatic heterocycles. The molecule has 0 aromatic rings. The summed E-state index contributed by atoms with van der Waals surface area (Å²) in [6, 6.07) is -9.03. The standard InChI is InChI=1S/C70H117N5O50/c1-16-36(88)47(99)60(125-67-50(102)46(98)39(91)24(9-78)114-67)70(109-16)108-15-30-57(44(96)31(61(106)110-30)71-17(2)83)121-64-34(74-20(5)86)45(97)54(26(11-80)115-64)122-69-53(105)59(41(93)29(118-69)14-107-66-51(103)48(100)55(27(12-81)116-66)119-62-32(72-18(3)84)42(94)37(89)22(7-76)111-62)124-68-52(104)49(101)56(28(13-82)117-68)120-65-35(75-21(6)87)58(40(92)25(10-79)113-65)123-63-33(73-19(4)85)43(95)38(90)23(8-77)112-63/h16,22-70,76-82,88-106H,7-15H2,1-6H3,(H,71,83)(H,72,84)(H,73,85)(H,74,86)(H,75,87)/t16-,22+,23+,24+,25+,26+,27+,28+,29+,30+,31+,32+,33+,34+,35+,36+,37+,38+,39-,40+,41+,42+,43+,44+,45+,46-,47+,48+,49+,50+,51-,52-,53-,54+,55+,56+,57+,58+,59-,60-,61+,62-,63-,64-,65-,66-,67+,68+,69-,70+/m0/s1. The molecular weight excluding hydrogens is 1710 g/mol. The first-order valence-electron chi connectivity index (χ1n) is 40.0. The highest BCUT2D eigenvalue weighted by Gasteiger charge is 2.62. The van der Waals surface area contributed by atoms with Gasteiger partial charge in [-0.2, -0.15) is 0 Å². The Bertz CT molecular complexity index is 3420. The van der Waals surface area contributed by atoms with Crippen molar-refractivity contribution >= 4 is 29.5 Å². The summed E-state index contributed by atoms with van der Waals surface area (Å²) in [6.07, 6.45) is -91.5. The Morgan fingerprint density at radius 1 is 0.224 bits per heavy atom. The van der Waals surface area contributed by atoms with Crippen LogP contribution in [0.3, 0.4) is 0 Å². The Morgan fingerprint density at radius 2 is 0.504 bits per heavy atom. The van der Waals surface area contributed by atoms with Gasteiger partial charge in [0.1, 0.15) is 238 Å². The monoisotopic (exact) mass is 1830 g/mol. The van der Waals surface area contributed by atoms with Crippen LogP contribution in [-0.2, 0) is 114 Å². The van der Waals surface area contributed by atoms with Crippen molar-refractivity contribution in [2.75, 3.05) is 59.5 Å². The molecule has 0 spiro atoms. The molecule has 10 aliphatic rings. The molecule has 0 radical (unpaired) electrons. The van der Waals surface area contributed by atoms with E-state index in [4.69, 9.17) is 90.0 Å². The maximum Gasteiger partial charge on any atom is 0.217 e. The van der Waals surface area contributed by atoms with Crippen molar-refractivity contribution in [1.82, 2.24) is 26.6 Å². The molecule has 0 aromatic carbocycles. The molecule has 31 N–H and O–H groups in total. The van der Waals surface area contributed by atoms with Gasteiger partial charge in [0.05, 0.1) is 65.6 Å². The Morgan fingerprint density at radius 3 is 0.968 bits per heavy atom. The molecule has 50 atom stereocenters. The molecule has 5 amide bonds. The number of hydrogen-bond donors (Lipinski definition) is 31. The van der Waals surface area contributed by atoms with Crippen LogP contribution in [0.25, 0.3) is 0 Å². The highest BCUT2D eigenvalue weighted by molar-refractivity contribution is 5.75. The second-order valence-corrected chi connectivity index (χ2v) is 31.7. The van der Waals surface area contributed by atoms with Gasteiger partial charge in [-0.15, -0.1) is 0 Å². The number of carbonyl (C=O) groups is 5. The van der Waals surface area contributed by atoms with E-state index in [0.717, 1.165) is 34.6 Å². The van der Waals surface area contributed by atoms with Gasteiger partial charge < -0.3 is 249 Å². The SMILES string of the molecule is CC(=O)N[C@@H]1[C@@H](O)[C@H](O[C@@H]2O[C@H](CO)[C@@H](O[C@@H]3O[C@H](CO[C@H]4O[C@H](CO)[C@@H](O[C@@H]5O[C@H](CO)[C@@H](O)[C@H](O)[C@H]5NC(C)=O)[C@H](O)[C@@H]4O)[C@@H](O)[C@H](O[C@H]4O[C@H](CO)[C@@H](O[C@@H]5O[C@H](CO)[C@@H](O)[C@H](O[C@@H]6O[C@H](CO)[C@@H](O)[C@H](O)[C@H]6NC(C)=O)[C@H]5NC(C)=O)[C@H](O)[C@@H]4O)[C@@H]3O)[C@H](O)[C@H]2NC(C)=O)[C@@H](CO[C@@H]2O[C@@H](C)[C@@H](O)[C@@H](O)[C@@H]2O[C@H]2O[C@H](CO)[C@H](O)[C@H](O)[C@H]2O)O[C@H]1O. The molecule has 10 heterocycles. The third-order valence-corrected chi connectivity index (χ3v) is 22.8. The van der Waals surface area contributed by atoms with Crippen LogP contribution in [0, 0.1) is 0 Å². The summed E-state index contributed by atoms with van der Waals surface area (Å²) in [5, 5.41) is 303. The van der Waals surface area contributed by atoms with Crippen molar-refractivity contribution in [3.05, 3.63) is 0 Å². The zero-order valence-electron chi connectivity index (χ0n) is 67.7. The van der Waals surface area contributed by atoms with Crippen molar-refractivity contribution in [3.8, 4) is 0 Å². The van der Waals surface area contributed by atoms with E-state index >= 15 is 0 Å². The minimum absolute atomic E-state index is 0.802. The van der Waals surface area contributed by atoms with Crippen molar-refractivity contribution in [1.29, 1.82) is 0 Å². The van der Waals surface area contributed by atoms with Crippen LogP contribution in [0.5, 0.6) is 0 Å². The van der Waals surface area contributed by atoms with Gasteiger partial charge in [0.25, 0.3) is 0 Å². The zero-order chi connectivity index (χ0) is 92.1. The van der Waals surface area contributed by atoms with Crippen LogP contribution in [0.4, 0.5) is 0 Å². The van der Waals surface area contributed by atoms with Gasteiger partial charge in [-0.05, 0) is 6.92 Å². The fraction of sp³-hybridized carbons (Fsp3) is 0.929. The fourth-order valence-corrected chi connectivity index (χ4v) is 16.2. The molecule has 0 bridgehead atoms. The number of carbonyl (C=O) groups excluding carboxylic acids is 5. The minimum atomic E-state index is -2.56. The number of hydrogen-bond acceptors (Lipinski definition) is 50. The first-order chi connectivity index (χ1) is 59.1. The smallest absolute Gasteiger partial charge is 0.217 e. The highest BCUT2D eigenvalue weighted by atomic mass is 16.8. The number of aliphatic hydroxyl groups excluding tert-OH is 26. The topological polar surface area (TPSA) is 847 Å². The Hall–Kier alpha value is -4.45. The van der Waals surface area contributed by atoms with Gasteiger partial charge in [0.15, 0.2) is 62.9 Å². The van der Waals surface area contributed by atoms with Crippen LogP contribution >= 0.6 is 0 Å². The van der Waals surface area contributed by atoms with E-state index in [1.165, 1.54) is 6.92 Å². The largest absolute Gasteiger partial charge is 0.394 e. The molecule has 0 aliphatic carbocycles. The van der Waals surface area contributed by atoms with E-state index in [-0.39, 0.29) is 0 Å². The van der Waals surface area contributed by atoms with E-state index in [9.17, 15) is 157 Å². The molecule has 55 nitrogen and oxygen atoms in total. The maximum atomic E-state index is 13.3. The summed E-state index contributed by atoms with van der Waals surface area (Å²) in [5.41, 5.74) is 0. The molecular formula is C70H117N5O50. The van der Waals surface area contributed by atoms with Crippen LogP contribution in [0.2, 0.25) is 0 Å². The Balaban J connectivity index is 0.929. The number of rotatable bonds is 32. The van der Waals surface area contributed by atoms with Gasteiger partial charge in [0.2, 0.25) is 29.5 Å². The van der Waals surface area contributed by atoms with Crippen molar-refractivity contribution in [2.45, 2.75) is 348 Å². The molecule has 722 valence electrons. The zero-order valence-corrected chi connectivity index (χ0v) is 67.7. The van der Waals surface area contributed by atoms with Crippen LogP contribution < -0.4 is 26.6 Å². The van der Waals surface area contributed by atoms with Crippen LogP contribution in [0.1, 0.15) is 41.5 Å². The average Bonchev–Trinajstić information content (AvgIpc) is 0.919. The number of amides is 5. The molecule has 55 heteroatoms. The van der Waals surface area contributed by atoms with Crippen molar-refractivity contribution in [2.24, 2.45) is 0 Å². The molecule has 0 unspecified atom stereocenters. The molecule has 10 aliphatic heterocycles. The van der Waals surface area contributed by atoms with Crippen molar-refractivity contribution in [3.63, 3.8) is 0 Å². The normalized spacial score (nSPS) is 48.7. The second kappa shape index (κ2) is 44.9. The van der Waals surface area contributed by atoms with E-state index in [0.29, 0.717) is 0 Å². The van der Waals surface area contributed by atoms with Gasteiger partial charge in [0, 0.05) is 34.6 Å². The highest BCUT2D eigenvalue weighted by Crippen LogP contribution is 2.40. The number of ether oxygens (including phenoxy) is 19. The summed E-state index contributed by atoms with van der Waals surface area (Å²) >= 11 is 0. The maximum absolute atomic E-state index is 13.3. The van der Waals surface area contributed by atoms with Crippen LogP contribution in [-0.4, -0.2) is 529 Å². The first kappa shape index (κ1) is 103. The summed E-state index contributed by atoms with van der Waals surface area (Å²) in [5.74, 6) is -4.41. The lowest BCUT2D eigenvalue weighted by atomic mass is 9.93. The summed E-state index contributed by atoms with van der Waals surface area (Å²) in [7, 11) is 0. The number of nitrogens with one attached hydrogen (secondary N) is 5. The van der Waals surface area contributed by atoms with E-state index in [1.807, 2.05) is 0 Å². The summed E-state index contributed by atoms with van der Waals surface area (Å²) in [6.45, 7) is -3.49. The first-order valence-corrected chi connectivity index (χ1v) is 40.0. The third kappa shape index (κ3) is 23.1. The molecule has 125 heavy (non-hydrogen) atoms. The Kier molecular flexibility index (Phi) is 36.8. The second-order valence-electron chi connectivity index (χ2n) is 31.7. The number of aliphatic hydroxyl groups is 26. The molecule has 10 fully saturated rings. The Labute approximate surface area is 708 Å². The van der Waals surface area contributed by atoms with Gasteiger partial charge in [-0.25, -0.2) is 0 Å². The predicted molar refractivity (Wildman–Crippen MR) is 386 cm³/mol. The molecule has 10 saturated heterocycles. The van der Waals surface area contributed by atoms with E-state index in [2.05, 4.69) is 26.6 Å². The van der Waals surface area contributed by atoms with Crippen molar-refractivity contribution < 1.29 is 247 Å². The van der Waals surface area contributed by atoms with E-state index in [1.54, 1.807) is 0 Å². The average molecular weight is 1830 g/mol. The quantitative estimate of drug-likeness (QED) is 0.0297. The predicted octanol–water partition coefficient (Wildman–Crippen LogP) is -21.1.